The predicted molar refractivity (Wildman–Crippen MR) is 156 cm³/mol. The van der Waals surface area contributed by atoms with Gasteiger partial charge in [-0.15, -0.1) is 0 Å². The molecule has 1 saturated heterocycles. The summed E-state index contributed by atoms with van der Waals surface area (Å²) in [6.45, 7) is 3.80. The smallest absolute Gasteiger partial charge is 0.321 e. The summed E-state index contributed by atoms with van der Waals surface area (Å²) in [5, 5.41) is 10.5. The SMILES string of the molecule is CC(=O)c1nn(CC(=O)N(CC(=O)NCc2cccc(Cl)c2F)C2CC2)c2ccc(NC(=O)N3CCN(C)CC3)cc12. The van der Waals surface area contributed by atoms with Crippen LogP contribution >= 0.6 is 11.6 Å². The fraction of sp³-hybridized carbons (Fsp3) is 0.414. The minimum Gasteiger partial charge on any atom is -0.350 e. The van der Waals surface area contributed by atoms with Crippen molar-refractivity contribution in [2.45, 2.75) is 38.9 Å². The first kappa shape index (κ1) is 29.5. The first-order valence-electron chi connectivity index (χ1n) is 13.9. The van der Waals surface area contributed by atoms with E-state index in [2.05, 4.69) is 20.6 Å². The van der Waals surface area contributed by atoms with Crippen LogP contribution in [0, 0.1) is 5.82 Å². The highest BCUT2D eigenvalue weighted by Crippen LogP contribution is 2.28. The number of ketones is 1. The van der Waals surface area contributed by atoms with E-state index in [0.717, 1.165) is 25.9 Å². The van der Waals surface area contributed by atoms with Crippen LogP contribution in [0.1, 0.15) is 35.8 Å². The second kappa shape index (κ2) is 12.5. The van der Waals surface area contributed by atoms with Gasteiger partial charge in [0.1, 0.15) is 18.1 Å². The molecule has 1 aliphatic carbocycles. The number of urea groups is 1. The Balaban J connectivity index is 1.27. The fourth-order valence-corrected chi connectivity index (χ4v) is 5.16. The van der Waals surface area contributed by atoms with Gasteiger partial charge in [0, 0.05) is 62.3 Å². The van der Waals surface area contributed by atoms with E-state index < -0.39 is 11.7 Å². The monoisotopic (exact) mass is 597 g/mol. The molecule has 13 heteroatoms. The Morgan fingerprint density at radius 1 is 1.10 bits per heavy atom. The van der Waals surface area contributed by atoms with E-state index in [1.807, 2.05) is 7.05 Å². The molecule has 2 aliphatic rings. The summed E-state index contributed by atoms with van der Waals surface area (Å²) < 4.78 is 15.6. The quantitative estimate of drug-likeness (QED) is 0.366. The van der Waals surface area contributed by atoms with Crippen LogP contribution in [0.5, 0.6) is 0 Å². The van der Waals surface area contributed by atoms with Crippen LogP contribution in [0.4, 0.5) is 14.9 Å². The van der Waals surface area contributed by atoms with Crippen LogP contribution in [0.3, 0.4) is 0 Å². The minimum atomic E-state index is -0.594. The van der Waals surface area contributed by atoms with E-state index >= 15 is 0 Å². The van der Waals surface area contributed by atoms with Crippen molar-refractivity contribution in [1.29, 1.82) is 0 Å². The van der Waals surface area contributed by atoms with E-state index in [-0.39, 0.29) is 59.7 Å². The lowest BCUT2D eigenvalue weighted by molar-refractivity contribution is -0.137. The number of fused-ring (bicyclic) bond motifs is 1. The summed E-state index contributed by atoms with van der Waals surface area (Å²) in [7, 11) is 2.01. The van der Waals surface area contributed by atoms with Crippen LogP contribution < -0.4 is 10.6 Å². The number of halogens is 2. The Labute approximate surface area is 247 Å². The summed E-state index contributed by atoms with van der Waals surface area (Å²) in [6.07, 6.45) is 1.55. The van der Waals surface area contributed by atoms with Crippen LogP contribution in [-0.4, -0.2) is 93.9 Å². The number of benzene rings is 2. The molecule has 2 heterocycles. The van der Waals surface area contributed by atoms with Gasteiger partial charge in [-0.2, -0.15) is 5.10 Å². The van der Waals surface area contributed by atoms with Crippen LogP contribution in [-0.2, 0) is 22.7 Å². The highest BCUT2D eigenvalue weighted by Gasteiger charge is 2.34. The van der Waals surface area contributed by atoms with Gasteiger partial charge in [-0.1, -0.05) is 23.7 Å². The molecular formula is C29H33ClFN7O4. The third kappa shape index (κ3) is 6.71. The topological polar surface area (TPSA) is 120 Å². The van der Waals surface area contributed by atoms with E-state index in [1.165, 1.54) is 28.6 Å². The molecule has 0 radical (unpaired) electrons. The Hall–Kier alpha value is -4.03. The van der Waals surface area contributed by atoms with E-state index in [9.17, 15) is 23.6 Å². The molecule has 222 valence electrons. The number of carbonyl (C=O) groups excluding carboxylic acids is 4. The van der Waals surface area contributed by atoms with Crippen LogP contribution in [0.25, 0.3) is 10.9 Å². The summed E-state index contributed by atoms with van der Waals surface area (Å²) in [4.78, 5) is 56.7. The Bertz CT molecular complexity index is 1530. The molecule has 0 unspecified atom stereocenters. The lowest BCUT2D eigenvalue weighted by Gasteiger charge is -2.32. The molecule has 0 bridgehead atoms. The zero-order chi connectivity index (χ0) is 30.0. The molecule has 1 aliphatic heterocycles. The Morgan fingerprint density at radius 3 is 2.52 bits per heavy atom. The Morgan fingerprint density at radius 2 is 1.83 bits per heavy atom. The second-order valence-corrected chi connectivity index (χ2v) is 11.2. The number of piperazine rings is 1. The molecule has 1 aromatic heterocycles. The highest BCUT2D eigenvalue weighted by atomic mass is 35.5. The lowest BCUT2D eigenvalue weighted by Crippen LogP contribution is -2.48. The Kier molecular flexibility index (Phi) is 8.74. The van der Waals surface area contributed by atoms with Gasteiger partial charge in [-0.25, -0.2) is 9.18 Å². The van der Waals surface area contributed by atoms with Gasteiger partial charge in [-0.05, 0) is 44.2 Å². The number of hydrogen-bond donors (Lipinski definition) is 2. The largest absolute Gasteiger partial charge is 0.350 e. The zero-order valence-electron chi connectivity index (χ0n) is 23.5. The van der Waals surface area contributed by atoms with Gasteiger partial charge in [0.25, 0.3) is 0 Å². The average molecular weight is 598 g/mol. The summed E-state index contributed by atoms with van der Waals surface area (Å²) in [6, 6.07) is 9.39. The second-order valence-electron chi connectivity index (χ2n) is 10.8. The minimum absolute atomic E-state index is 0.0301. The summed E-state index contributed by atoms with van der Waals surface area (Å²) in [5.41, 5.74) is 1.52. The maximum atomic E-state index is 14.2. The van der Waals surface area contributed by atoms with Crippen molar-refractivity contribution in [3.05, 3.63) is 58.5 Å². The number of nitrogens with one attached hydrogen (secondary N) is 2. The molecule has 11 nitrogen and oxygen atoms in total. The number of rotatable bonds is 9. The number of carbonyl (C=O) groups is 4. The third-order valence-corrected chi connectivity index (χ3v) is 7.83. The molecule has 1 saturated carbocycles. The van der Waals surface area contributed by atoms with Crippen molar-refractivity contribution in [2.24, 2.45) is 0 Å². The number of amides is 4. The van der Waals surface area contributed by atoms with Crippen molar-refractivity contribution in [3.63, 3.8) is 0 Å². The molecule has 5 rings (SSSR count). The number of Topliss-reactive ketones (excluding diaryl/α,β-unsaturated/α-hetero) is 1. The highest BCUT2D eigenvalue weighted by molar-refractivity contribution is 6.30. The van der Waals surface area contributed by atoms with Crippen LogP contribution in [0.15, 0.2) is 36.4 Å². The maximum absolute atomic E-state index is 14.2. The van der Waals surface area contributed by atoms with E-state index in [1.54, 1.807) is 29.2 Å². The molecule has 2 aromatic carbocycles. The van der Waals surface area contributed by atoms with Crippen LogP contribution in [0.2, 0.25) is 5.02 Å². The standard InChI is InChI=1S/C29H33ClFN7O4/c1-18(39)28-22-14-20(33-29(42)36-12-10-35(2)11-13-36)6-9-24(22)38(34-28)17-26(41)37(21-7-8-21)16-25(40)32-15-19-4-3-5-23(30)27(19)31/h3-6,9,14,21H,7-8,10-13,15-17H2,1-2H3,(H,32,40)(H,33,42). The molecule has 2 N–H and O–H groups in total. The van der Waals surface area contributed by atoms with Crippen molar-refractivity contribution < 1.29 is 23.6 Å². The molecule has 4 amide bonds. The molecule has 0 atom stereocenters. The molecule has 2 fully saturated rings. The van der Waals surface area contributed by atoms with Crippen molar-refractivity contribution in [1.82, 2.24) is 29.8 Å². The van der Waals surface area contributed by atoms with Gasteiger partial charge in [-0.3, -0.25) is 19.1 Å². The van der Waals surface area contributed by atoms with Crippen molar-refractivity contribution in [2.75, 3.05) is 45.1 Å². The first-order chi connectivity index (χ1) is 20.1. The van der Waals surface area contributed by atoms with Gasteiger partial charge < -0.3 is 25.3 Å². The number of likely N-dealkylation sites (N-methyl/N-ethyl adjacent to an activating group) is 1. The van der Waals surface area contributed by atoms with Gasteiger partial charge >= 0.3 is 6.03 Å². The molecule has 42 heavy (non-hydrogen) atoms. The number of anilines is 1. The summed E-state index contributed by atoms with van der Waals surface area (Å²) >= 11 is 5.82. The average Bonchev–Trinajstić information content (AvgIpc) is 3.74. The maximum Gasteiger partial charge on any atom is 0.321 e. The number of aromatic nitrogens is 2. The number of hydrogen-bond acceptors (Lipinski definition) is 6. The normalized spacial score (nSPS) is 15.5. The van der Waals surface area contributed by atoms with Crippen molar-refractivity contribution in [3.8, 4) is 0 Å². The molecule has 0 spiro atoms. The summed E-state index contributed by atoms with van der Waals surface area (Å²) in [5.74, 6) is -1.62. The predicted octanol–water partition coefficient (Wildman–Crippen LogP) is 3.12. The van der Waals surface area contributed by atoms with Crippen molar-refractivity contribution >= 4 is 51.8 Å². The third-order valence-electron chi connectivity index (χ3n) is 7.54. The van der Waals surface area contributed by atoms with Gasteiger partial charge in [0.05, 0.1) is 17.1 Å². The number of nitrogens with zero attached hydrogens (tertiary/aromatic N) is 5. The van der Waals surface area contributed by atoms with Gasteiger partial charge in [0.2, 0.25) is 11.8 Å². The zero-order valence-corrected chi connectivity index (χ0v) is 24.3. The van der Waals surface area contributed by atoms with E-state index in [4.69, 9.17) is 11.6 Å². The van der Waals surface area contributed by atoms with E-state index in [0.29, 0.717) is 29.7 Å². The molecule has 3 aromatic rings. The molecular weight excluding hydrogens is 565 g/mol. The van der Waals surface area contributed by atoms with Gasteiger partial charge in [0.15, 0.2) is 5.78 Å². The first-order valence-corrected chi connectivity index (χ1v) is 14.2. The lowest BCUT2D eigenvalue weighted by atomic mass is 10.1. The fourth-order valence-electron chi connectivity index (χ4n) is 4.97.